The molecule has 1 aromatic rings. The van der Waals surface area contributed by atoms with E-state index in [4.69, 9.17) is 22.2 Å². The molecule has 16 heavy (non-hydrogen) atoms. The van der Waals surface area contributed by atoms with Gasteiger partial charge in [0.25, 0.3) is 0 Å². The first kappa shape index (κ1) is 13.3. The Labute approximate surface area is 101 Å². The van der Waals surface area contributed by atoms with Crippen molar-refractivity contribution in [1.29, 1.82) is 0 Å². The molecule has 4 N–H and O–H groups in total. The normalized spacial score (nSPS) is 10.5. The molecule has 0 amide bonds. The number of aryl methyl sites for hydroxylation is 1. The van der Waals surface area contributed by atoms with Crippen molar-refractivity contribution in [2.75, 3.05) is 20.3 Å². The summed E-state index contributed by atoms with van der Waals surface area (Å²) in [6.45, 7) is 3.39. The third-order valence-corrected chi connectivity index (χ3v) is 2.54. The van der Waals surface area contributed by atoms with Gasteiger partial charge in [-0.25, -0.2) is 5.43 Å². The maximum absolute atomic E-state index is 6.01. The van der Waals surface area contributed by atoms with Gasteiger partial charge in [-0.2, -0.15) is 0 Å². The van der Waals surface area contributed by atoms with Crippen molar-refractivity contribution in [3.05, 3.63) is 28.3 Å². The van der Waals surface area contributed by atoms with Gasteiger partial charge in [-0.3, -0.25) is 5.84 Å². The fourth-order valence-electron chi connectivity index (χ4n) is 1.66. The molecule has 0 fully saturated rings. The van der Waals surface area contributed by atoms with Crippen LogP contribution in [0, 0.1) is 6.92 Å². The Morgan fingerprint density at radius 3 is 2.81 bits per heavy atom. The van der Waals surface area contributed by atoms with E-state index in [2.05, 4.69) is 10.7 Å². The minimum Gasteiger partial charge on any atom is -0.496 e. The lowest BCUT2D eigenvalue weighted by atomic mass is 10.1. The third kappa shape index (κ3) is 3.64. The second-order valence-corrected chi connectivity index (χ2v) is 3.98. The quantitative estimate of drug-likeness (QED) is 0.304. The lowest BCUT2D eigenvalue weighted by Crippen LogP contribution is -2.34. The number of ether oxygens (including phenoxy) is 1. The zero-order chi connectivity index (χ0) is 12.0. The molecule has 5 heteroatoms. The Bertz CT molecular complexity index is 344. The van der Waals surface area contributed by atoms with E-state index in [1.807, 2.05) is 19.1 Å². The van der Waals surface area contributed by atoms with E-state index in [0.717, 1.165) is 34.9 Å². The summed E-state index contributed by atoms with van der Waals surface area (Å²) < 4.78 is 5.36. The predicted molar refractivity (Wildman–Crippen MR) is 66.6 cm³/mol. The molecule has 0 saturated heterocycles. The molecule has 1 rings (SSSR count). The maximum atomic E-state index is 6.01. The molecule has 0 aliphatic rings. The number of hydrogen-bond donors (Lipinski definition) is 3. The molecule has 0 atom stereocenters. The van der Waals surface area contributed by atoms with Crippen LogP contribution in [0.4, 0.5) is 0 Å². The van der Waals surface area contributed by atoms with Crippen molar-refractivity contribution < 1.29 is 4.74 Å². The smallest absolute Gasteiger partial charge is 0.125 e. The largest absolute Gasteiger partial charge is 0.496 e. The van der Waals surface area contributed by atoms with E-state index in [9.17, 15) is 0 Å². The monoisotopic (exact) mass is 243 g/mol. The van der Waals surface area contributed by atoms with Gasteiger partial charge in [0.15, 0.2) is 0 Å². The van der Waals surface area contributed by atoms with Gasteiger partial charge in [0, 0.05) is 11.6 Å². The van der Waals surface area contributed by atoms with Gasteiger partial charge in [0.05, 0.1) is 13.8 Å². The fourth-order valence-corrected chi connectivity index (χ4v) is 1.96. The van der Waals surface area contributed by atoms with Crippen LogP contribution in [0.25, 0.3) is 0 Å². The predicted octanol–water partition coefficient (Wildman–Crippen LogP) is 1.21. The minimum atomic E-state index is 0.585. The van der Waals surface area contributed by atoms with Crippen LogP contribution in [0.1, 0.15) is 11.1 Å². The molecule has 0 aromatic heterocycles. The van der Waals surface area contributed by atoms with Gasteiger partial charge >= 0.3 is 0 Å². The molecule has 0 saturated carbocycles. The highest BCUT2D eigenvalue weighted by atomic mass is 35.5. The van der Waals surface area contributed by atoms with Gasteiger partial charge < -0.3 is 10.1 Å². The zero-order valence-corrected chi connectivity index (χ0v) is 10.4. The van der Waals surface area contributed by atoms with Gasteiger partial charge in [-0.05, 0) is 36.6 Å². The van der Waals surface area contributed by atoms with E-state index >= 15 is 0 Å². The molecule has 0 radical (unpaired) electrons. The van der Waals surface area contributed by atoms with Gasteiger partial charge in [-0.15, -0.1) is 0 Å². The molecule has 0 bridgehead atoms. The molecule has 90 valence electrons. The van der Waals surface area contributed by atoms with Crippen molar-refractivity contribution in [2.45, 2.75) is 13.3 Å². The van der Waals surface area contributed by atoms with Crippen LogP contribution in [0.5, 0.6) is 5.75 Å². The number of methoxy groups -OCH3 is 1. The molecule has 1 aromatic carbocycles. The highest BCUT2D eigenvalue weighted by molar-refractivity contribution is 6.30. The minimum absolute atomic E-state index is 0.585. The zero-order valence-electron chi connectivity index (χ0n) is 9.64. The van der Waals surface area contributed by atoms with Crippen molar-refractivity contribution in [3.8, 4) is 5.75 Å². The van der Waals surface area contributed by atoms with Crippen LogP contribution in [0.15, 0.2) is 12.1 Å². The number of hydrogen-bond acceptors (Lipinski definition) is 4. The number of halogens is 1. The summed E-state index contributed by atoms with van der Waals surface area (Å²) in [7, 11) is 1.68. The summed E-state index contributed by atoms with van der Waals surface area (Å²) in [5, 5.41) is 3.88. The number of nitrogens with one attached hydrogen (secondary N) is 2. The van der Waals surface area contributed by atoms with Crippen LogP contribution >= 0.6 is 11.6 Å². The molecule has 0 spiro atoms. The van der Waals surface area contributed by atoms with Crippen LogP contribution in [0.3, 0.4) is 0 Å². The van der Waals surface area contributed by atoms with Crippen molar-refractivity contribution in [3.63, 3.8) is 0 Å². The summed E-state index contributed by atoms with van der Waals surface area (Å²) in [4.78, 5) is 0. The highest BCUT2D eigenvalue weighted by Crippen LogP contribution is 2.27. The third-order valence-electron chi connectivity index (χ3n) is 2.32. The van der Waals surface area contributed by atoms with Crippen LogP contribution in [0.2, 0.25) is 5.02 Å². The van der Waals surface area contributed by atoms with Gasteiger partial charge in [-0.1, -0.05) is 11.6 Å². The molecule has 0 unspecified atom stereocenters. The molecule has 0 heterocycles. The van der Waals surface area contributed by atoms with E-state index in [1.54, 1.807) is 7.11 Å². The molecule has 4 nitrogen and oxygen atoms in total. The Morgan fingerprint density at radius 1 is 1.44 bits per heavy atom. The second-order valence-electron chi connectivity index (χ2n) is 3.55. The summed E-state index contributed by atoms with van der Waals surface area (Å²) in [6, 6.07) is 3.84. The topological polar surface area (TPSA) is 59.3 Å². The van der Waals surface area contributed by atoms with Crippen molar-refractivity contribution >= 4 is 11.6 Å². The maximum Gasteiger partial charge on any atom is 0.125 e. The number of nitrogens with two attached hydrogens (primary N) is 1. The van der Waals surface area contributed by atoms with E-state index in [1.165, 1.54) is 0 Å². The Hall–Kier alpha value is -0.810. The molecular formula is C11H18ClN3O. The first-order valence-electron chi connectivity index (χ1n) is 5.16. The van der Waals surface area contributed by atoms with E-state index in [-0.39, 0.29) is 0 Å². The summed E-state index contributed by atoms with van der Waals surface area (Å²) in [6.07, 6.45) is 0.853. The molecule has 0 aliphatic heterocycles. The SMILES string of the molecule is COc1c(C)cc(Cl)cc1CCNCNN. The Kier molecular flexibility index (Phi) is 5.55. The molecular weight excluding hydrogens is 226 g/mol. The summed E-state index contributed by atoms with van der Waals surface area (Å²) in [5.41, 5.74) is 4.70. The van der Waals surface area contributed by atoms with Crippen molar-refractivity contribution in [1.82, 2.24) is 10.7 Å². The average molecular weight is 244 g/mol. The lowest BCUT2D eigenvalue weighted by Gasteiger charge is -2.12. The Morgan fingerprint density at radius 2 is 2.19 bits per heavy atom. The van der Waals surface area contributed by atoms with Crippen LogP contribution in [-0.2, 0) is 6.42 Å². The van der Waals surface area contributed by atoms with Crippen LogP contribution < -0.4 is 21.3 Å². The average Bonchev–Trinajstić information content (AvgIpc) is 2.24. The lowest BCUT2D eigenvalue weighted by molar-refractivity contribution is 0.406. The van der Waals surface area contributed by atoms with E-state index in [0.29, 0.717) is 6.67 Å². The standard InChI is InChI=1S/C11H18ClN3O/c1-8-5-10(12)6-9(11(8)16-2)3-4-14-7-15-13/h5-6,14-15H,3-4,7,13H2,1-2H3. The molecule has 0 aliphatic carbocycles. The highest BCUT2D eigenvalue weighted by Gasteiger charge is 2.07. The number of hydrazine groups is 1. The first-order valence-corrected chi connectivity index (χ1v) is 5.54. The van der Waals surface area contributed by atoms with E-state index < -0.39 is 0 Å². The fraction of sp³-hybridized carbons (Fsp3) is 0.455. The summed E-state index contributed by atoms with van der Waals surface area (Å²) in [5.74, 6) is 6.06. The Balaban J connectivity index is 2.69. The number of rotatable bonds is 6. The van der Waals surface area contributed by atoms with Gasteiger partial charge in [0.2, 0.25) is 0 Å². The van der Waals surface area contributed by atoms with Crippen molar-refractivity contribution in [2.24, 2.45) is 5.84 Å². The number of benzene rings is 1. The van der Waals surface area contributed by atoms with Gasteiger partial charge in [0.1, 0.15) is 5.75 Å². The second kappa shape index (κ2) is 6.70. The van der Waals surface area contributed by atoms with Crippen LogP contribution in [-0.4, -0.2) is 20.3 Å². The first-order chi connectivity index (χ1) is 7.69. The summed E-state index contributed by atoms with van der Waals surface area (Å²) >= 11 is 6.01.